The molecule has 178 valence electrons. The van der Waals surface area contributed by atoms with Gasteiger partial charge in [-0.2, -0.15) is 0 Å². The first kappa shape index (κ1) is 24.4. The Morgan fingerprint density at radius 2 is 1.62 bits per heavy atom. The zero-order chi connectivity index (χ0) is 22.8. The third-order valence-electron chi connectivity index (χ3n) is 6.51. The van der Waals surface area contributed by atoms with Gasteiger partial charge >= 0.3 is 11.9 Å². The number of thioether (sulfide) groups is 1. The lowest BCUT2D eigenvalue weighted by molar-refractivity contribution is -0.153. The Balaban J connectivity index is 0.00000274. The van der Waals surface area contributed by atoms with Gasteiger partial charge in [-0.1, -0.05) is 60.7 Å². The Bertz CT molecular complexity index is 1100. The summed E-state index contributed by atoms with van der Waals surface area (Å²) in [4.78, 5) is 34.6. The molecule has 1 aliphatic heterocycles. The fourth-order valence-electron chi connectivity index (χ4n) is 4.88. The Morgan fingerprint density at radius 1 is 1.00 bits per heavy atom. The van der Waals surface area contributed by atoms with Crippen molar-refractivity contribution in [2.75, 3.05) is 6.67 Å². The number of carbonyl (C=O) groups excluding carboxylic acids is 2. The summed E-state index contributed by atoms with van der Waals surface area (Å²) >= 11 is 1.54. The van der Waals surface area contributed by atoms with Crippen molar-refractivity contribution in [1.82, 2.24) is 0 Å². The van der Waals surface area contributed by atoms with Crippen molar-refractivity contribution in [2.45, 2.75) is 30.4 Å². The number of rotatable bonds is 7. The molecule has 0 saturated heterocycles. The van der Waals surface area contributed by atoms with Crippen molar-refractivity contribution in [3.63, 3.8) is 0 Å². The number of hydrogen-bond donors (Lipinski definition) is 1. The maximum atomic E-state index is 13.1. The molecule has 0 radical (unpaired) electrons. The Hall–Kier alpha value is -2.68. The largest absolute Gasteiger partial charge is 0.461 e. The molecule has 0 aromatic heterocycles. The maximum absolute atomic E-state index is 13.1. The van der Waals surface area contributed by atoms with Gasteiger partial charge in [-0.25, -0.2) is 0 Å². The highest BCUT2D eigenvalue weighted by molar-refractivity contribution is 8.16. The number of hydrogen-bond acceptors (Lipinski definition) is 8. The van der Waals surface area contributed by atoms with E-state index in [1.165, 1.54) is 11.8 Å². The van der Waals surface area contributed by atoms with Crippen LogP contribution in [0.3, 0.4) is 0 Å². The number of halogens is 1. The number of nitrogens with two attached hydrogens (primary N) is 1. The molecule has 2 aromatic carbocycles. The molecule has 2 N–H and O–H groups in total. The smallest absolute Gasteiger partial charge is 0.326 e. The van der Waals surface area contributed by atoms with Gasteiger partial charge in [-0.15, -0.1) is 24.2 Å². The van der Waals surface area contributed by atoms with Crippen LogP contribution < -0.4 is 5.73 Å². The molecular formula is C25H26ClN3O4S. The molecule has 0 spiro atoms. The summed E-state index contributed by atoms with van der Waals surface area (Å²) in [5, 5.41) is 0.783. The minimum atomic E-state index is -1.23. The van der Waals surface area contributed by atoms with E-state index in [-0.39, 0.29) is 48.7 Å². The van der Waals surface area contributed by atoms with Crippen LogP contribution in [0.5, 0.6) is 0 Å². The lowest BCUT2D eigenvalue weighted by Gasteiger charge is -2.27. The number of fused-ring (bicyclic) bond motifs is 1. The summed E-state index contributed by atoms with van der Waals surface area (Å²) in [7, 11) is 0. The highest BCUT2D eigenvalue weighted by atomic mass is 35.5. The van der Waals surface area contributed by atoms with E-state index < -0.39 is 17.4 Å². The van der Waals surface area contributed by atoms with Gasteiger partial charge in [0.05, 0.1) is 12.1 Å². The first-order valence-electron chi connectivity index (χ1n) is 11.0. The highest BCUT2D eigenvalue weighted by Gasteiger charge is 2.74. The molecule has 0 bridgehead atoms. The Morgan fingerprint density at radius 3 is 2.21 bits per heavy atom. The number of esters is 2. The Labute approximate surface area is 208 Å². The second kappa shape index (κ2) is 10.3. The zero-order valence-corrected chi connectivity index (χ0v) is 20.0. The average Bonchev–Trinajstić information content (AvgIpc) is 3.27. The van der Waals surface area contributed by atoms with E-state index in [4.69, 9.17) is 15.2 Å². The van der Waals surface area contributed by atoms with Crippen LogP contribution >= 0.6 is 24.2 Å². The van der Waals surface area contributed by atoms with Crippen LogP contribution in [0.1, 0.15) is 17.5 Å². The second-order valence-corrected chi connectivity index (χ2v) is 9.89. The van der Waals surface area contributed by atoms with Crippen LogP contribution in [-0.2, 0) is 32.3 Å². The SMILES string of the molecule is Cl.N[C@@]1(C(=O)OCc2ccccc2)C[C@@H](SC2=NCN=C2)[C@H]2[C@H](C(=O)OCc3ccccc3)[C@H]21. The maximum Gasteiger partial charge on any atom is 0.326 e. The van der Waals surface area contributed by atoms with Gasteiger partial charge < -0.3 is 15.2 Å². The number of benzene rings is 2. The van der Waals surface area contributed by atoms with Gasteiger partial charge in [-0.3, -0.25) is 19.6 Å². The van der Waals surface area contributed by atoms with Crippen molar-refractivity contribution >= 4 is 47.4 Å². The van der Waals surface area contributed by atoms with E-state index in [1.54, 1.807) is 6.21 Å². The third-order valence-corrected chi connectivity index (χ3v) is 7.77. The minimum absolute atomic E-state index is 0. The van der Waals surface area contributed by atoms with Crippen molar-refractivity contribution in [2.24, 2.45) is 33.5 Å². The predicted molar refractivity (Wildman–Crippen MR) is 134 cm³/mol. The molecule has 0 unspecified atom stereocenters. The first-order valence-corrected chi connectivity index (χ1v) is 11.9. The molecule has 3 aliphatic rings. The molecule has 34 heavy (non-hydrogen) atoms. The second-order valence-electron chi connectivity index (χ2n) is 8.63. The molecule has 1 heterocycles. The van der Waals surface area contributed by atoms with Gasteiger partial charge in [0.15, 0.2) is 0 Å². The standard InChI is InChI=1S/C25H25N3O4S.ClH/c26-25(24(30)32-14-17-9-5-2-6-10-17)11-18(33-19-12-27-15-28-19)20-21(22(20)25)23(29)31-13-16-7-3-1-4-8-16;/h1-10,12,18,20-22H,11,13-15,26H2;1H/t18-,20+,21+,22+,25+;/m1./s1. The number of carbonyl (C=O) groups is 2. The van der Waals surface area contributed by atoms with E-state index in [1.807, 2.05) is 60.7 Å². The number of nitrogens with zero attached hydrogens (tertiary/aromatic N) is 2. The zero-order valence-electron chi connectivity index (χ0n) is 18.4. The number of aliphatic imine (C=N–C) groups is 2. The molecule has 7 nitrogen and oxygen atoms in total. The predicted octanol–water partition coefficient (Wildman–Crippen LogP) is 3.40. The Kier molecular flexibility index (Phi) is 7.40. The van der Waals surface area contributed by atoms with Crippen molar-refractivity contribution < 1.29 is 19.1 Å². The van der Waals surface area contributed by atoms with E-state index >= 15 is 0 Å². The van der Waals surface area contributed by atoms with Crippen LogP contribution in [0.15, 0.2) is 70.6 Å². The fourth-order valence-corrected chi connectivity index (χ4v) is 6.32. The van der Waals surface area contributed by atoms with Crippen LogP contribution in [-0.4, -0.2) is 40.7 Å². The van der Waals surface area contributed by atoms with E-state index in [2.05, 4.69) is 9.98 Å². The molecular weight excluding hydrogens is 474 g/mol. The van der Waals surface area contributed by atoms with Crippen LogP contribution in [0.4, 0.5) is 0 Å². The fraction of sp³-hybridized carbons (Fsp3) is 0.360. The number of ether oxygens (including phenoxy) is 2. The monoisotopic (exact) mass is 499 g/mol. The highest BCUT2D eigenvalue weighted by Crippen LogP contribution is 2.65. The van der Waals surface area contributed by atoms with Gasteiger partial charge in [-0.05, 0) is 23.5 Å². The molecule has 2 saturated carbocycles. The third kappa shape index (κ3) is 4.89. The molecule has 5 atom stereocenters. The lowest BCUT2D eigenvalue weighted by Crippen LogP contribution is -2.51. The van der Waals surface area contributed by atoms with Gasteiger partial charge in [0, 0.05) is 11.2 Å². The van der Waals surface area contributed by atoms with E-state index in [0.717, 1.165) is 16.2 Å². The van der Waals surface area contributed by atoms with E-state index in [9.17, 15) is 9.59 Å². The molecule has 9 heteroatoms. The summed E-state index contributed by atoms with van der Waals surface area (Å²) in [6, 6.07) is 19.0. The normalized spacial score (nSPS) is 28.4. The van der Waals surface area contributed by atoms with Crippen LogP contribution in [0.25, 0.3) is 0 Å². The summed E-state index contributed by atoms with van der Waals surface area (Å²) in [5.41, 5.74) is 7.26. The summed E-state index contributed by atoms with van der Waals surface area (Å²) in [6.45, 7) is 0.762. The van der Waals surface area contributed by atoms with Crippen LogP contribution in [0.2, 0.25) is 0 Å². The van der Waals surface area contributed by atoms with Gasteiger partial charge in [0.2, 0.25) is 0 Å². The van der Waals surface area contributed by atoms with Crippen LogP contribution in [0, 0.1) is 17.8 Å². The molecule has 0 amide bonds. The summed E-state index contributed by atoms with van der Waals surface area (Å²) < 4.78 is 11.2. The van der Waals surface area contributed by atoms with E-state index in [0.29, 0.717) is 13.1 Å². The topological polar surface area (TPSA) is 103 Å². The molecule has 2 fully saturated rings. The van der Waals surface area contributed by atoms with Crippen molar-refractivity contribution in [1.29, 1.82) is 0 Å². The van der Waals surface area contributed by atoms with Gasteiger partial charge in [0.25, 0.3) is 0 Å². The molecule has 5 rings (SSSR count). The first-order chi connectivity index (χ1) is 16.1. The lowest BCUT2D eigenvalue weighted by atomic mass is 9.91. The minimum Gasteiger partial charge on any atom is -0.461 e. The van der Waals surface area contributed by atoms with Crippen molar-refractivity contribution in [3.05, 3.63) is 71.8 Å². The van der Waals surface area contributed by atoms with Crippen molar-refractivity contribution in [3.8, 4) is 0 Å². The van der Waals surface area contributed by atoms with Gasteiger partial charge in [0.1, 0.15) is 30.5 Å². The summed E-state index contributed by atoms with van der Waals surface area (Å²) in [6.07, 6.45) is 2.16. The summed E-state index contributed by atoms with van der Waals surface area (Å²) in [5.74, 6) is -1.56. The average molecular weight is 500 g/mol. The molecule has 2 aliphatic carbocycles. The quantitative estimate of drug-likeness (QED) is 0.585. The molecule has 2 aromatic rings.